The van der Waals surface area contributed by atoms with E-state index in [0.29, 0.717) is 10.7 Å². The third-order valence-electron chi connectivity index (χ3n) is 4.23. The molecule has 4 aromatic rings. The largest absolute Gasteiger partial charge is 0.298 e. The van der Waals surface area contributed by atoms with Gasteiger partial charge in [-0.3, -0.25) is 15.1 Å². The number of amides is 1. The quantitative estimate of drug-likeness (QED) is 0.545. The van der Waals surface area contributed by atoms with Crippen LogP contribution in [0, 0.1) is 13.8 Å². The number of carbonyl (C=O) groups is 1. The lowest BCUT2D eigenvalue weighted by molar-refractivity contribution is 0.102. The van der Waals surface area contributed by atoms with Crippen LogP contribution in [0.3, 0.4) is 0 Å². The molecule has 4 rings (SSSR count). The lowest BCUT2D eigenvalue weighted by Gasteiger charge is -2.07. The van der Waals surface area contributed by atoms with Crippen molar-refractivity contribution in [3.8, 4) is 11.3 Å². The molecule has 0 saturated heterocycles. The van der Waals surface area contributed by atoms with Crippen LogP contribution in [-0.2, 0) is 0 Å². The Morgan fingerprint density at radius 1 is 1.00 bits per heavy atom. The van der Waals surface area contributed by atoms with E-state index in [9.17, 15) is 4.79 Å². The van der Waals surface area contributed by atoms with Gasteiger partial charge in [-0.15, -0.1) is 11.3 Å². The van der Waals surface area contributed by atoms with Crippen molar-refractivity contribution in [2.24, 2.45) is 0 Å². The minimum atomic E-state index is -0.169. The molecule has 0 aliphatic rings. The van der Waals surface area contributed by atoms with Crippen LogP contribution in [0.15, 0.2) is 60.0 Å². The molecule has 2 aromatic heterocycles. The highest BCUT2D eigenvalue weighted by Crippen LogP contribution is 2.28. The molecule has 0 aliphatic carbocycles. The summed E-state index contributed by atoms with van der Waals surface area (Å²) in [4.78, 5) is 21.9. The van der Waals surface area contributed by atoms with Gasteiger partial charge in [-0.1, -0.05) is 42.5 Å². The molecule has 0 unspecified atom stereocenters. The van der Waals surface area contributed by atoms with Crippen LogP contribution in [0.5, 0.6) is 0 Å². The molecule has 0 saturated carbocycles. The summed E-state index contributed by atoms with van der Waals surface area (Å²) < 4.78 is 0. The predicted octanol–water partition coefficient (Wildman–Crippen LogP) is 5.23. The molecule has 5 heteroatoms. The molecular formula is C21H17N3OS. The van der Waals surface area contributed by atoms with E-state index in [2.05, 4.69) is 28.3 Å². The Bertz CT molecular complexity index is 1120. The van der Waals surface area contributed by atoms with Crippen LogP contribution in [0.25, 0.3) is 22.2 Å². The van der Waals surface area contributed by atoms with Crippen molar-refractivity contribution < 1.29 is 4.79 Å². The summed E-state index contributed by atoms with van der Waals surface area (Å²) in [6.07, 6.45) is 0. The van der Waals surface area contributed by atoms with Crippen molar-refractivity contribution in [1.82, 2.24) is 9.97 Å². The van der Waals surface area contributed by atoms with Crippen LogP contribution in [0.1, 0.15) is 21.6 Å². The van der Waals surface area contributed by atoms with Crippen LogP contribution in [0.2, 0.25) is 0 Å². The second-order valence-electron chi connectivity index (χ2n) is 6.14. The number of rotatable bonds is 3. The first kappa shape index (κ1) is 16.4. The molecule has 26 heavy (non-hydrogen) atoms. The van der Waals surface area contributed by atoms with Gasteiger partial charge in [0.25, 0.3) is 5.91 Å². The Kier molecular flexibility index (Phi) is 4.22. The van der Waals surface area contributed by atoms with Crippen molar-refractivity contribution in [3.63, 3.8) is 0 Å². The van der Waals surface area contributed by atoms with Crippen LogP contribution < -0.4 is 5.32 Å². The summed E-state index contributed by atoms with van der Waals surface area (Å²) >= 11 is 1.43. The van der Waals surface area contributed by atoms with Gasteiger partial charge in [0, 0.05) is 22.0 Å². The second kappa shape index (κ2) is 6.69. The maximum Gasteiger partial charge on any atom is 0.258 e. The van der Waals surface area contributed by atoms with E-state index in [4.69, 9.17) is 0 Å². The van der Waals surface area contributed by atoms with E-state index in [-0.39, 0.29) is 5.91 Å². The fraction of sp³-hybridized carbons (Fsp3) is 0.0952. The number of aryl methyl sites for hydroxylation is 2. The van der Waals surface area contributed by atoms with Crippen molar-refractivity contribution in [3.05, 3.63) is 76.8 Å². The summed E-state index contributed by atoms with van der Waals surface area (Å²) in [5.74, 6) is -0.169. The molecule has 128 valence electrons. The van der Waals surface area contributed by atoms with Crippen molar-refractivity contribution in [2.45, 2.75) is 13.8 Å². The molecule has 0 atom stereocenters. The highest BCUT2D eigenvalue weighted by atomic mass is 32.1. The van der Waals surface area contributed by atoms with E-state index >= 15 is 0 Å². The van der Waals surface area contributed by atoms with Gasteiger partial charge >= 0.3 is 0 Å². The maximum absolute atomic E-state index is 12.8. The molecule has 0 fully saturated rings. The van der Waals surface area contributed by atoms with Crippen molar-refractivity contribution in [1.29, 1.82) is 0 Å². The standard InChI is InChI=1S/C21H17N3OS/c1-13-7-3-4-8-15(13)19-12-26-21(23-19)24-20(25)17-11-14(2)22-18-10-6-5-9-16(17)18/h3-12H,1-2H3,(H,23,24,25). The van der Waals surface area contributed by atoms with Crippen LogP contribution >= 0.6 is 11.3 Å². The Labute approximate surface area is 155 Å². The molecule has 4 nitrogen and oxygen atoms in total. The summed E-state index contributed by atoms with van der Waals surface area (Å²) in [6, 6.07) is 17.6. The Balaban J connectivity index is 1.65. The fourth-order valence-electron chi connectivity index (χ4n) is 2.98. The zero-order valence-electron chi connectivity index (χ0n) is 14.5. The van der Waals surface area contributed by atoms with Crippen molar-refractivity contribution >= 4 is 33.3 Å². The number of pyridine rings is 1. The zero-order valence-corrected chi connectivity index (χ0v) is 15.3. The number of para-hydroxylation sites is 1. The molecule has 1 N–H and O–H groups in total. The number of carbonyl (C=O) groups excluding carboxylic acids is 1. The highest BCUT2D eigenvalue weighted by molar-refractivity contribution is 7.14. The number of nitrogens with one attached hydrogen (secondary N) is 1. The number of thiazole rings is 1. The molecule has 0 aliphatic heterocycles. The Morgan fingerprint density at radius 3 is 2.62 bits per heavy atom. The Hall–Kier alpha value is -3.05. The lowest BCUT2D eigenvalue weighted by atomic mass is 10.1. The third-order valence-corrected chi connectivity index (χ3v) is 4.99. The van der Waals surface area contributed by atoms with Gasteiger partial charge in [-0.25, -0.2) is 4.98 Å². The van der Waals surface area contributed by atoms with Gasteiger partial charge in [0.2, 0.25) is 0 Å². The second-order valence-corrected chi connectivity index (χ2v) is 6.99. The molecule has 0 spiro atoms. The number of aromatic nitrogens is 2. The normalized spacial score (nSPS) is 10.8. The smallest absolute Gasteiger partial charge is 0.258 e. The lowest BCUT2D eigenvalue weighted by Crippen LogP contribution is -2.13. The van der Waals surface area contributed by atoms with Crippen molar-refractivity contribution in [2.75, 3.05) is 5.32 Å². The summed E-state index contributed by atoms with van der Waals surface area (Å²) in [5, 5.41) is 6.32. The average Bonchev–Trinajstić information content (AvgIpc) is 3.09. The third kappa shape index (κ3) is 3.09. The molecule has 0 bridgehead atoms. The minimum Gasteiger partial charge on any atom is -0.298 e. The zero-order chi connectivity index (χ0) is 18.1. The molecule has 1 amide bonds. The molecule has 2 heterocycles. The SMILES string of the molecule is Cc1cc(C(=O)Nc2nc(-c3ccccc3C)cs2)c2ccccc2n1. The maximum atomic E-state index is 12.8. The predicted molar refractivity (Wildman–Crippen MR) is 107 cm³/mol. The topological polar surface area (TPSA) is 54.9 Å². The van der Waals surface area contributed by atoms with Crippen LogP contribution in [0.4, 0.5) is 5.13 Å². The summed E-state index contributed by atoms with van der Waals surface area (Å²) in [7, 11) is 0. The van der Waals surface area contributed by atoms with E-state index in [1.807, 2.05) is 60.8 Å². The summed E-state index contributed by atoms with van der Waals surface area (Å²) in [5.41, 5.74) is 5.35. The monoisotopic (exact) mass is 359 g/mol. The van der Waals surface area contributed by atoms with Gasteiger partial charge < -0.3 is 0 Å². The number of hydrogen-bond acceptors (Lipinski definition) is 4. The number of anilines is 1. The van der Waals surface area contributed by atoms with Gasteiger partial charge in [-0.2, -0.15) is 0 Å². The van der Waals surface area contributed by atoms with Gasteiger partial charge in [0.05, 0.1) is 16.8 Å². The number of hydrogen-bond donors (Lipinski definition) is 1. The first-order valence-electron chi connectivity index (χ1n) is 8.31. The fourth-order valence-corrected chi connectivity index (χ4v) is 3.68. The van der Waals surface area contributed by atoms with Gasteiger partial charge in [-0.05, 0) is 31.5 Å². The molecule has 0 radical (unpaired) electrons. The highest BCUT2D eigenvalue weighted by Gasteiger charge is 2.14. The van der Waals surface area contributed by atoms with Gasteiger partial charge in [0.15, 0.2) is 5.13 Å². The molecular weight excluding hydrogens is 342 g/mol. The van der Waals surface area contributed by atoms with E-state index < -0.39 is 0 Å². The molecule has 2 aromatic carbocycles. The Morgan fingerprint density at radius 2 is 1.77 bits per heavy atom. The minimum absolute atomic E-state index is 0.169. The van der Waals surface area contributed by atoms with Gasteiger partial charge in [0.1, 0.15) is 0 Å². The average molecular weight is 359 g/mol. The van der Waals surface area contributed by atoms with Crippen LogP contribution in [-0.4, -0.2) is 15.9 Å². The first-order chi connectivity index (χ1) is 12.6. The van der Waals surface area contributed by atoms with E-state index in [0.717, 1.165) is 33.4 Å². The van der Waals surface area contributed by atoms with E-state index in [1.54, 1.807) is 0 Å². The number of benzene rings is 2. The first-order valence-corrected chi connectivity index (χ1v) is 9.19. The summed E-state index contributed by atoms with van der Waals surface area (Å²) in [6.45, 7) is 3.95. The number of nitrogens with zero attached hydrogens (tertiary/aromatic N) is 2. The van der Waals surface area contributed by atoms with E-state index in [1.165, 1.54) is 11.3 Å². The number of fused-ring (bicyclic) bond motifs is 1.